The van der Waals surface area contributed by atoms with E-state index in [-0.39, 0.29) is 24.5 Å². The van der Waals surface area contributed by atoms with Gasteiger partial charge >= 0.3 is 0 Å². The highest BCUT2D eigenvalue weighted by Gasteiger charge is 2.23. The van der Waals surface area contributed by atoms with E-state index in [4.69, 9.17) is 5.11 Å². The molecule has 1 aliphatic rings. The average molecular weight is 267 g/mol. The number of hydrogen-bond donors (Lipinski definition) is 3. The van der Waals surface area contributed by atoms with Crippen LogP contribution >= 0.6 is 0 Å². The summed E-state index contributed by atoms with van der Waals surface area (Å²) in [6, 6.07) is 0.250. The van der Waals surface area contributed by atoms with Gasteiger partial charge in [0.15, 0.2) is 5.69 Å². The van der Waals surface area contributed by atoms with Gasteiger partial charge in [-0.05, 0) is 12.3 Å². The Morgan fingerprint density at radius 3 is 2.89 bits per heavy atom. The third-order valence-electron chi connectivity index (χ3n) is 3.44. The van der Waals surface area contributed by atoms with E-state index >= 15 is 0 Å². The first-order chi connectivity index (χ1) is 9.11. The first-order valence-electron chi connectivity index (χ1n) is 6.66. The Balaban J connectivity index is 1.96. The number of carbonyl (C=O) groups is 1. The van der Waals surface area contributed by atoms with Gasteiger partial charge in [-0.1, -0.05) is 19.1 Å². The molecule has 1 aromatic heterocycles. The molecular weight excluding hydrogens is 246 g/mol. The minimum absolute atomic E-state index is 0.0481. The second kappa shape index (κ2) is 6.12. The predicted molar refractivity (Wildman–Crippen MR) is 69.7 cm³/mol. The Hall–Kier alpha value is -1.47. The van der Waals surface area contributed by atoms with E-state index in [2.05, 4.69) is 20.9 Å². The van der Waals surface area contributed by atoms with Crippen molar-refractivity contribution >= 4 is 5.91 Å². The molecule has 2 heterocycles. The van der Waals surface area contributed by atoms with Gasteiger partial charge in [0.25, 0.3) is 5.91 Å². The van der Waals surface area contributed by atoms with Gasteiger partial charge < -0.3 is 15.7 Å². The molecule has 106 valence electrons. The summed E-state index contributed by atoms with van der Waals surface area (Å²) in [7, 11) is 0. The zero-order valence-corrected chi connectivity index (χ0v) is 11.3. The third-order valence-corrected chi connectivity index (χ3v) is 3.44. The summed E-state index contributed by atoms with van der Waals surface area (Å²) in [5.74, 6) is 0.0349. The Kier molecular flexibility index (Phi) is 4.49. The number of aromatic nitrogens is 3. The molecule has 0 spiro atoms. The molecule has 1 fully saturated rings. The molecule has 1 aliphatic heterocycles. The average Bonchev–Trinajstić information content (AvgIpc) is 2.75. The lowest BCUT2D eigenvalue weighted by molar-refractivity contribution is 0.0911. The molecule has 0 aliphatic carbocycles. The van der Waals surface area contributed by atoms with Gasteiger partial charge in [-0.2, -0.15) is 0 Å². The maximum Gasteiger partial charge on any atom is 0.273 e. The molecule has 2 rings (SSSR count). The molecule has 1 unspecified atom stereocenters. The van der Waals surface area contributed by atoms with E-state index in [1.165, 1.54) is 0 Å². The Bertz CT molecular complexity index is 428. The van der Waals surface area contributed by atoms with Gasteiger partial charge in [0.05, 0.1) is 12.2 Å². The highest BCUT2D eigenvalue weighted by molar-refractivity contribution is 5.92. The Morgan fingerprint density at radius 2 is 2.37 bits per heavy atom. The van der Waals surface area contributed by atoms with Crippen LogP contribution in [0.4, 0.5) is 0 Å². The van der Waals surface area contributed by atoms with Crippen molar-refractivity contribution in [2.75, 3.05) is 19.7 Å². The summed E-state index contributed by atoms with van der Waals surface area (Å²) in [6.07, 6.45) is 2.22. The van der Waals surface area contributed by atoms with Crippen molar-refractivity contribution in [3.05, 3.63) is 11.9 Å². The van der Waals surface area contributed by atoms with Gasteiger partial charge in [-0.3, -0.25) is 4.79 Å². The van der Waals surface area contributed by atoms with E-state index in [9.17, 15) is 4.79 Å². The topological polar surface area (TPSA) is 92.1 Å². The Labute approximate surface area is 112 Å². The minimum atomic E-state index is -0.231. The van der Waals surface area contributed by atoms with Crippen LogP contribution in [0.25, 0.3) is 0 Å². The zero-order chi connectivity index (χ0) is 13.8. The summed E-state index contributed by atoms with van der Waals surface area (Å²) < 4.78 is 1.72. The standard InChI is InChI=1S/C12H21N5O2/c1-8(2)10(3-4-18)14-12(19)11-7-17(16-15-11)9-5-13-6-9/h7-10,13,18H,3-6H2,1-2H3,(H,14,19). The third kappa shape index (κ3) is 3.30. The summed E-state index contributed by atoms with van der Waals surface area (Å²) in [4.78, 5) is 12.1. The minimum Gasteiger partial charge on any atom is -0.396 e. The van der Waals surface area contributed by atoms with Crippen LogP contribution in [0.3, 0.4) is 0 Å². The highest BCUT2D eigenvalue weighted by atomic mass is 16.3. The van der Waals surface area contributed by atoms with E-state index in [0.29, 0.717) is 18.2 Å². The van der Waals surface area contributed by atoms with Crippen LogP contribution in [0.1, 0.15) is 36.8 Å². The number of aliphatic hydroxyl groups is 1. The maximum absolute atomic E-state index is 12.1. The van der Waals surface area contributed by atoms with Crippen LogP contribution in [0.15, 0.2) is 6.20 Å². The molecule has 1 saturated heterocycles. The number of amides is 1. The van der Waals surface area contributed by atoms with E-state index in [0.717, 1.165) is 13.1 Å². The molecule has 1 atom stereocenters. The van der Waals surface area contributed by atoms with E-state index in [1.54, 1.807) is 10.9 Å². The molecule has 0 bridgehead atoms. The van der Waals surface area contributed by atoms with Gasteiger partial charge in [-0.25, -0.2) is 4.68 Å². The molecule has 19 heavy (non-hydrogen) atoms. The monoisotopic (exact) mass is 267 g/mol. The van der Waals surface area contributed by atoms with Gasteiger partial charge in [0.2, 0.25) is 0 Å². The van der Waals surface area contributed by atoms with Crippen molar-refractivity contribution in [2.24, 2.45) is 5.92 Å². The number of rotatable bonds is 6. The van der Waals surface area contributed by atoms with Crippen molar-refractivity contribution in [2.45, 2.75) is 32.4 Å². The smallest absolute Gasteiger partial charge is 0.273 e. The lowest BCUT2D eigenvalue weighted by Gasteiger charge is -2.26. The second-order valence-electron chi connectivity index (χ2n) is 5.23. The number of nitrogens with zero attached hydrogens (tertiary/aromatic N) is 3. The van der Waals surface area contributed by atoms with Crippen LogP contribution in [0.2, 0.25) is 0 Å². The highest BCUT2D eigenvalue weighted by Crippen LogP contribution is 2.11. The number of carbonyl (C=O) groups excluding carboxylic acids is 1. The lowest BCUT2D eigenvalue weighted by Crippen LogP contribution is -2.43. The Morgan fingerprint density at radius 1 is 1.63 bits per heavy atom. The number of aliphatic hydroxyl groups excluding tert-OH is 1. The van der Waals surface area contributed by atoms with Crippen LogP contribution in [-0.2, 0) is 0 Å². The summed E-state index contributed by atoms with van der Waals surface area (Å²) in [5.41, 5.74) is 0.329. The number of nitrogens with one attached hydrogen (secondary N) is 2. The van der Waals surface area contributed by atoms with Crippen molar-refractivity contribution in [3.63, 3.8) is 0 Å². The quantitative estimate of drug-likeness (QED) is 0.650. The predicted octanol–water partition coefficient (Wildman–Crippen LogP) is -0.441. The number of hydrogen-bond acceptors (Lipinski definition) is 5. The van der Waals surface area contributed by atoms with Crippen LogP contribution in [0, 0.1) is 5.92 Å². The second-order valence-corrected chi connectivity index (χ2v) is 5.23. The SMILES string of the molecule is CC(C)C(CCO)NC(=O)c1cn(C2CNC2)nn1. The molecule has 3 N–H and O–H groups in total. The summed E-state index contributed by atoms with van der Waals surface area (Å²) >= 11 is 0. The summed E-state index contributed by atoms with van der Waals surface area (Å²) in [6.45, 7) is 5.81. The fourth-order valence-corrected chi connectivity index (χ4v) is 1.97. The molecule has 7 heteroatoms. The normalized spacial score (nSPS) is 17.3. The van der Waals surface area contributed by atoms with Crippen LogP contribution in [-0.4, -0.2) is 51.7 Å². The molecule has 1 aromatic rings. The lowest BCUT2D eigenvalue weighted by atomic mass is 10.0. The molecular formula is C12H21N5O2. The molecule has 7 nitrogen and oxygen atoms in total. The first kappa shape index (κ1) is 14.0. The molecule has 0 aromatic carbocycles. The molecule has 1 amide bonds. The largest absolute Gasteiger partial charge is 0.396 e. The maximum atomic E-state index is 12.1. The fraction of sp³-hybridized carbons (Fsp3) is 0.750. The van der Waals surface area contributed by atoms with E-state index < -0.39 is 0 Å². The van der Waals surface area contributed by atoms with Gasteiger partial charge in [0, 0.05) is 25.7 Å². The molecule has 0 saturated carbocycles. The van der Waals surface area contributed by atoms with E-state index in [1.807, 2.05) is 13.8 Å². The zero-order valence-electron chi connectivity index (χ0n) is 11.3. The van der Waals surface area contributed by atoms with Crippen LogP contribution in [0.5, 0.6) is 0 Å². The van der Waals surface area contributed by atoms with Crippen molar-refractivity contribution in [1.29, 1.82) is 0 Å². The van der Waals surface area contributed by atoms with Crippen molar-refractivity contribution in [1.82, 2.24) is 25.6 Å². The van der Waals surface area contributed by atoms with Gasteiger partial charge in [-0.15, -0.1) is 5.10 Å². The van der Waals surface area contributed by atoms with Crippen molar-refractivity contribution < 1.29 is 9.90 Å². The first-order valence-corrected chi connectivity index (χ1v) is 6.66. The van der Waals surface area contributed by atoms with Crippen molar-refractivity contribution in [3.8, 4) is 0 Å². The molecule has 0 radical (unpaired) electrons. The van der Waals surface area contributed by atoms with Crippen LogP contribution < -0.4 is 10.6 Å². The fourth-order valence-electron chi connectivity index (χ4n) is 1.97. The summed E-state index contributed by atoms with van der Waals surface area (Å²) in [5, 5.41) is 22.9. The van der Waals surface area contributed by atoms with Gasteiger partial charge in [0.1, 0.15) is 0 Å².